The number of para-hydroxylation sites is 1. The van der Waals surface area contributed by atoms with Crippen LogP contribution in [0.2, 0.25) is 0 Å². The number of carbonyl (C=O) groups excluding carboxylic acids is 1. The van der Waals surface area contributed by atoms with Gasteiger partial charge in [-0.1, -0.05) is 30.0 Å². The summed E-state index contributed by atoms with van der Waals surface area (Å²) in [6.07, 6.45) is 0. The van der Waals surface area contributed by atoms with Crippen molar-refractivity contribution < 1.29 is 18.7 Å². The summed E-state index contributed by atoms with van der Waals surface area (Å²) >= 11 is 1.26. The van der Waals surface area contributed by atoms with Crippen LogP contribution in [0.15, 0.2) is 58.2 Å². The van der Waals surface area contributed by atoms with Gasteiger partial charge < -0.3 is 23.7 Å². The second-order valence-corrected chi connectivity index (χ2v) is 8.15. The van der Waals surface area contributed by atoms with Gasteiger partial charge in [0.25, 0.3) is 5.22 Å². The van der Waals surface area contributed by atoms with Gasteiger partial charge in [0.15, 0.2) is 11.5 Å². The minimum Gasteiger partial charge on any atom is -0.486 e. The molecule has 8 nitrogen and oxygen atoms in total. The number of anilines is 1. The molecule has 0 spiro atoms. The van der Waals surface area contributed by atoms with Gasteiger partial charge >= 0.3 is 0 Å². The van der Waals surface area contributed by atoms with Crippen molar-refractivity contribution in [1.29, 1.82) is 0 Å². The normalized spacial score (nSPS) is 15.7. The third-order valence-electron chi connectivity index (χ3n) is 5.27. The molecule has 2 aromatic carbocycles. The quantitative estimate of drug-likeness (QED) is 0.563. The van der Waals surface area contributed by atoms with Gasteiger partial charge in [0.1, 0.15) is 13.2 Å². The Morgan fingerprint density at radius 1 is 0.935 bits per heavy atom. The standard InChI is InChI=1S/C22H22N4O4S/c27-20(26-10-8-25(9-11-26)17-4-2-1-3-5-17)15-31-22-24-23-21(30-22)16-6-7-18-19(14-16)29-13-12-28-18/h1-7,14H,8-13,15H2. The SMILES string of the molecule is O=C(CSc1nnc(-c2ccc3c(c2)OCCO3)o1)N1CCN(c2ccccc2)CC1. The van der Waals surface area contributed by atoms with Gasteiger partial charge in [-0.15, -0.1) is 10.2 Å². The van der Waals surface area contributed by atoms with Crippen molar-refractivity contribution in [2.45, 2.75) is 5.22 Å². The van der Waals surface area contributed by atoms with E-state index in [1.807, 2.05) is 41.3 Å². The number of hydrogen-bond donors (Lipinski definition) is 0. The summed E-state index contributed by atoms with van der Waals surface area (Å²) in [6, 6.07) is 15.8. The van der Waals surface area contributed by atoms with E-state index in [4.69, 9.17) is 13.9 Å². The molecule has 1 saturated heterocycles. The molecule has 0 aliphatic carbocycles. The first kappa shape index (κ1) is 19.7. The first-order valence-electron chi connectivity index (χ1n) is 10.2. The number of amides is 1. The highest BCUT2D eigenvalue weighted by Crippen LogP contribution is 2.34. The Bertz CT molecular complexity index is 1050. The monoisotopic (exact) mass is 438 g/mol. The molecule has 1 aromatic heterocycles. The maximum Gasteiger partial charge on any atom is 0.277 e. The van der Waals surface area contributed by atoms with Crippen LogP contribution in [-0.2, 0) is 4.79 Å². The van der Waals surface area contributed by atoms with Gasteiger partial charge in [0.2, 0.25) is 11.8 Å². The fourth-order valence-electron chi connectivity index (χ4n) is 3.63. The molecule has 0 radical (unpaired) electrons. The zero-order valence-corrected chi connectivity index (χ0v) is 17.7. The minimum atomic E-state index is 0.0804. The molecule has 0 bridgehead atoms. The number of nitrogens with zero attached hydrogens (tertiary/aromatic N) is 4. The van der Waals surface area contributed by atoms with E-state index in [0.29, 0.717) is 48.9 Å². The molecule has 1 fully saturated rings. The number of carbonyl (C=O) groups is 1. The maximum absolute atomic E-state index is 12.6. The van der Waals surface area contributed by atoms with Gasteiger partial charge in [-0.2, -0.15) is 0 Å². The van der Waals surface area contributed by atoms with Crippen LogP contribution in [0.1, 0.15) is 0 Å². The Morgan fingerprint density at radius 2 is 1.71 bits per heavy atom. The molecule has 3 aromatic rings. The Morgan fingerprint density at radius 3 is 2.52 bits per heavy atom. The van der Waals surface area contributed by atoms with Crippen LogP contribution in [0, 0.1) is 0 Å². The zero-order chi connectivity index (χ0) is 21.0. The lowest BCUT2D eigenvalue weighted by molar-refractivity contribution is -0.128. The minimum absolute atomic E-state index is 0.0804. The van der Waals surface area contributed by atoms with E-state index in [0.717, 1.165) is 18.7 Å². The van der Waals surface area contributed by atoms with Crippen LogP contribution < -0.4 is 14.4 Å². The third kappa shape index (κ3) is 4.46. The highest BCUT2D eigenvalue weighted by molar-refractivity contribution is 7.99. The second-order valence-electron chi connectivity index (χ2n) is 7.22. The van der Waals surface area contributed by atoms with Gasteiger partial charge in [0, 0.05) is 37.4 Å². The molecule has 0 N–H and O–H groups in total. The fourth-order valence-corrected chi connectivity index (χ4v) is 4.29. The van der Waals surface area contributed by atoms with E-state index < -0.39 is 0 Å². The molecule has 0 atom stereocenters. The van der Waals surface area contributed by atoms with Crippen LogP contribution in [0.5, 0.6) is 11.5 Å². The van der Waals surface area contributed by atoms with Crippen molar-refractivity contribution in [3.8, 4) is 23.0 Å². The Labute approximate surface area is 184 Å². The highest BCUT2D eigenvalue weighted by atomic mass is 32.2. The largest absolute Gasteiger partial charge is 0.486 e. The van der Waals surface area contributed by atoms with Crippen LogP contribution in [-0.4, -0.2) is 66.2 Å². The van der Waals surface area contributed by atoms with E-state index in [1.165, 1.54) is 17.4 Å². The van der Waals surface area contributed by atoms with Crippen LogP contribution >= 0.6 is 11.8 Å². The number of ether oxygens (including phenoxy) is 2. The van der Waals surface area contributed by atoms with Crippen molar-refractivity contribution in [2.75, 3.05) is 50.0 Å². The van der Waals surface area contributed by atoms with Gasteiger partial charge in [-0.3, -0.25) is 4.79 Å². The van der Waals surface area contributed by atoms with Crippen molar-refractivity contribution in [3.05, 3.63) is 48.5 Å². The number of thioether (sulfide) groups is 1. The number of hydrogen-bond acceptors (Lipinski definition) is 8. The molecular formula is C22H22N4O4S. The van der Waals surface area contributed by atoms with Crippen molar-refractivity contribution in [1.82, 2.24) is 15.1 Å². The van der Waals surface area contributed by atoms with Crippen LogP contribution in [0.4, 0.5) is 5.69 Å². The Hall–Kier alpha value is -3.20. The number of benzene rings is 2. The lowest BCUT2D eigenvalue weighted by atomic mass is 10.2. The number of aromatic nitrogens is 2. The average molecular weight is 439 g/mol. The molecule has 0 saturated carbocycles. The number of piperazine rings is 1. The van der Waals surface area contributed by atoms with E-state index in [1.54, 1.807) is 0 Å². The lowest BCUT2D eigenvalue weighted by Crippen LogP contribution is -2.49. The molecule has 9 heteroatoms. The van der Waals surface area contributed by atoms with Crippen molar-refractivity contribution in [2.24, 2.45) is 0 Å². The molecule has 2 aliphatic heterocycles. The maximum atomic E-state index is 12.6. The van der Waals surface area contributed by atoms with E-state index >= 15 is 0 Å². The molecule has 0 unspecified atom stereocenters. The van der Waals surface area contributed by atoms with Crippen molar-refractivity contribution in [3.63, 3.8) is 0 Å². The smallest absolute Gasteiger partial charge is 0.277 e. The van der Waals surface area contributed by atoms with Crippen LogP contribution in [0.3, 0.4) is 0 Å². The van der Waals surface area contributed by atoms with Gasteiger partial charge in [0.05, 0.1) is 5.75 Å². The molecule has 2 aliphatic rings. The summed E-state index contributed by atoms with van der Waals surface area (Å²) in [4.78, 5) is 16.8. The van der Waals surface area contributed by atoms with E-state index in [-0.39, 0.29) is 11.7 Å². The predicted octanol–water partition coefficient (Wildman–Crippen LogP) is 2.95. The van der Waals surface area contributed by atoms with Gasteiger partial charge in [-0.25, -0.2) is 0 Å². The summed E-state index contributed by atoms with van der Waals surface area (Å²) in [5, 5.41) is 8.55. The summed E-state index contributed by atoms with van der Waals surface area (Å²) in [6.45, 7) is 4.14. The average Bonchev–Trinajstić information content (AvgIpc) is 3.32. The molecule has 160 valence electrons. The first-order chi connectivity index (χ1) is 15.3. The number of rotatable bonds is 5. The summed E-state index contributed by atoms with van der Waals surface area (Å²) in [5.74, 6) is 2.12. The second kappa shape index (κ2) is 8.89. The first-order valence-corrected chi connectivity index (χ1v) is 11.2. The third-order valence-corrected chi connectivity index (χ3v) is 6.07. The lowest BCUT2D eigenvalue weighted by Gasteiger charge is -2.36. The number of fused-ring (bicyclic) bond motifs is 1. The molecule has 5 rings (SSSR count). The Kier molecular flexibility index (Phi) is 5.66. The zero-order valence-electron chi connectivity index (χ0n) is 16.9. The van der Waals surface area contributed by atoms with Gasteiger partial charge in [-0.05, 0) is 30.3 Å². The summed E-state index contributed by atoms with van der Waals surface area (Å²) in [5.41, 5.74) is 1.95. The topological polar surface area (TPSA) is 80.9 Å². The highest BCUT2D eigenvalue weighted by Gasteiger charge is 2.22. The summed E-state index contributed by atoms with van der Waals surface area (Å²) < 4.78 is 16.9. The molecule has 31 heavy (non-hydrogen) atoms. The predicted molar refractivity (Wildman–Crippen MR) is 117 cm³/mol. The van der Waals surface area contributed by atoms with Crippen molar-refractivity contribution >= 4 is 23.4 Å². The van der Waals surface area contributed by atoms with E-state index in [9.17, 15) is 4.79 Å². The molecule has 3 heterocycles. The molecule has 1 amide bonds. The van der Waals surface area contributed by atoms with E-state index in [2.05, 4.69) is 27.2 Å². The fraction of sp³-hybridized carbons (Fsp3) is 0.318. The van der Waals surface area contributed by atoms with Crippen LogP contribution in [0.25, 0.3) is 11.5 Å². The summed E-state index contributed by atoms with van der Waals surface area (Å²) in [7, 11) is 0. The molecular weight excluding hydrogens is 416 g/mol. The Balaban J connectivity index is 1.14.